The second kappa shape index (κ2) is 6.64. The normalized spacial score (nSPS) is 18.4. The Morgan fingerprint density at radius 3 is 2.68 bits per heavy atom. The summed E-state index contributed by atoms with van der Waals surface area (Å²) in [6.07, 6.45) is 7.07. The maximum atomic E-state index is 12.3. The van der Waals surface area contributed by atoms with Crippen LogP contribution in [0.2, 0.25) is 0 Å². The third kappa shape index (κ3) is 3.60. The van der Waals surface area contributed by atoms with Crippen molar-refractivity contribution in [2.75, 3.05) is 10.6 Å². The molecule has 0 spiro atoms. The van der Waals surface area contributed by atoms with E-state index in [1.165, 1.54) is 24.3 Å². The standard InChI is InChI=1S/C18H16N6O/c25-17(22-13-9-19-11-20-10-13)15-6-7-21-18(23-15)24-16-8-14(16)12-4-2-1-3-5-12/h1-7,9-11,14,16H,8H2,(H,22,25)(H,21,23,24)/t14-,16?/m1/s1. The first-order valence-electron chi connectivity index (χ1n) is 8.00. The van der Waals surface area contributed by atoms with Crippen LogP contribution in [0.15, 0.2) is 61.3 Å². The monoisotopic (exact) mass is 332 g/mol. The van der Waals surface area contributed by atoms with Gasteiger partial charge in [-0.05, 0) is 18.1 Å². The van der Waals surface area contributed by atoms with Crippen LogP contribution in [-0.4, -0.2) is 31.9 Å². The van der Waals surface area contributed by atoms with Crippen LogP contribution in [0.1, 0.15) is 28.4 Å². The summed E-state index contributed by atoms with van der Waals surface area (Å²) in [6, 6.07) is 12.2. The number of nitrogens with one attached hydrogen (secondary N) is 2. The predicted octanol–water partition coefficient (Wildman–Crippen LogP) is 2.49. The Balaban J connectivity index is 1.41. The van der Waals surface area contributed by atoms with Crippen LogP contribution < -0.4 is 10.6 Å². The third-order valence-electron chi connectivity index (χ3n) is 4.04. The van der Waals surface area contributed by atoms with Crippen LogP contribution in [0.5, 0.6) is 0 Å². The average Bonchev–Trinajstić information content (AvgIpc) is 3.43. The lowest BCUT2D eigenvalue weighted by atomic mass is 10.1. The third-order valence-corrected chi connectivity index (χ3v) is 4.04. The van der Waals surface area contributed by atoms with Crippen LogP contribution in [-0.2, 0) is 0 Å². The molecule has 2 N–H and O–H groups in total. The fourth-order valence-corrected chi connectivity index (χ4v) is 2.70. The molecule has 1 unspecified atom stereocenters. The Labute approximate surface area is 144 Å². The van der Waals surface area contributed by atoms with Crippen molar-refractivity contribution in [2.45, 2.75) is 18.4 Å². The van der Waals surface area contributed by atoms with E-state index in [2.05, 4.69) is 42.7 Å². The first-order chi connectivity index (χ1) is 12.3. The highest BCUT2D eigenvalue weighted by molar-refractivity contribution is 6.02. The number of hydrogen-bond donors (Lipinski definition) is 2. The van der Waals surface area contributed by atoms with Crippen molar-refractivity contribution in [3.8, 4) is 0 Å². The molecule has 1 aliphatic carbocycles. The number of anilines is 2. The Kier molecular flexibility index (Phi) is 4.04. The number of carbonyl (C=O) groups is 1. The fourth-order valence-electron chi connectivity index (χ4n) is 2.70. The molecule has 0 bridgehead atoms. The van der Waals surface area contributed by atoms with Gasteiger partial charge in [-0.2, -0.15) is 0 Å². The fraction of sp³-hybridized carbons (Fsp3) is 0.167. The number of carbonyl (C=O) groups excluding carboxylic acids is 1. The van der Waals surface area contributed by atoms with E-state index < -0.39 is 0 Å². The SMILES string of the molecule is O=C(Nc1cncnc1)c1ccnc(NC2C[C@@H]2c2ccccc2)n1. The summed E-state index contributed by atoms with van der Waals surface area (Å²) in [4.78, 5) is 28.5. The molecule has 0 radical (unpaired) electrons. The molecule has 1 fully saturated rings. The van der Waals surface area contributed by atoms with Crippen molar-refractivity contribution in [1.29, 1.82) is 0 Å². The van der Waals surface area contributed by atoms with Crippen LogP contribution in [0, 0.1) is 0 Å². The number of amides is 1. The largest absolute Gasteiger partial charge is 0.351 e. The van der Waals surface area contributed by atoms with Gasteiger partial charge in [0.2, 0.25) is 5.95 Å². The topological polar surface area (TPSA) is 92.7 Å². The maximum Gasteiger partial charge on any atom is 0.274 e. The van der Waals surface area contributed by atoms with E-state index in [0.717, 1.165) is 6.42 Å². The van der Waals surface area contributed by atoms with Crippen LogP contribution >= 0.6 is 0 Å². The molecule has 2 atom stereocenters. The molecular weight excluding hydrogens is 316 g/mol. The van der Waals surface area contributed by atoms with E-state index in [1.54, 1.807) is 12.3 Å². The number of aromatic nitrogens is 4. The minimum absolute atomic E-state index is 0.290. The number of hydrogen-bond acceptors (Lipinski definition) is 6. The zero-order valence-electron chi connectivity index (χ0n) is 13.3. The molecule has 7 nitrogen and oxygen atoms in total. The lowest BCUT2D eigenvalue weighted by Crippen LogP contribution is -2.16. The van der Waals surface area contributed by atoms with E-state index in [9.17, 15) is 4.79 Å². The lowest BCUT2D eigenvalue weighted by molar-refractivity contribution is 0.102. The van der Waals surface area contributed by atoms with E-state index in [4.69, 9.17) is 0 Å². The van der Waals surface area contributed by atoms with E-state index >= 15 is 0 Å². The molecule has 0 saturated heterocycles. The second-order valence-electron chi connectivity index (χ2n) is 5.85. The molecule has 1 saturated carbocycles. The van der Waals surface area contributed by atoms with Crippen molar-refractivity contribution in [2.24, 2.45) is 0 Å². The zero-order chi connectivity index (χ0) is 17.1. The van der Waals surface area contributed by atoms with E-state index in [1.807, 2.05) is 18.2 Å². The first-order valence-corrected chi connectivity index (χ1v) is 8.00. The minimum atomic E-state index is -0.323. The van der Waals surface area contributed by atoms with Crippen molar-refractivity contribution >= 4 is 17.5 Å². The van der Waals surface area contributed by atoms with Gasteiger partial charge in [-0.1, -0.05) is 30.3 Å². The summed E-state index contributed by atoms with van der Waals surface area (Å²) in [5.41, 5.74) is 2.11. The summed E-state index contributed by atoms with van der Waals surface area (Å²) in [7, 11) is 0. The first kappa shape index (κ1) is 15.2. The molecule has 4 rings (SSSR count). The van der Waals surface area contributed by atoms with Gasteiger partial charge in [0.25, 0.3) is 5.91 Å². The van der Waals surface area contributed by atoms with Gasteiger partial charge in [-0.25, -0.2) is 19.9 Å². The highest BCUT2D eigenvalue weighted by Gasteiger charge is 2.38. The van der Waals surface area contributed by atoms with Crippen molar-refractivity contribution in [1.82, 2.24) is 19.9 Å². The van der Waals surface area contributed by atoms with Crippen molar-refractivity contribution in [3.05, 3.63) is 72.6 Å². The molecule has 2 aromatic heterocycles. The molecule has 3 aromatic rings. The molecule has 124 valence electrons. The molecule has 0 aliphatic heterocycles. The highest BCUT2D eigenvalue weighted by Crippen LogP contribution is 2.42. The van der Waals surface area contributed by atoms with Gasteiger partial charge in [-0.15, -0.1) is 0 Å². The Hall–Kier alpha value is -3.35. The molecule has 2 heterocycles. The molecule has 1 amide bonds. The summed E-state index contributed by atoms with van der Waals surface area (Å²) >= 11 is 0. The quantitative estimate of drug-likeness (QED) is 0.746. The van der Waals surface area contributed by atoms with Crippen molar-refractivity contribution < 1.29 is 4.79 Å². The zero-order valence-corrected chi connectivity index (χ0v) is 13.3. The maximum absolute atomic E-state index is 12.3. The second-order valence-corrected chi connectivity index (χ2v) is 5.85. The minimum Gasteiger partial charge on any atom is -0.351 e. The predicted molar refractivity (Wildman–Crippen MR) is 93.2 cm³/mol. The number of benzene rings is 1. The number of rotatable bonds is 5. The molecule has 25 heavy (non-hydrogen) atoms. The molecule has 7 heteroatoms. The van der Waals surface area contributed by atoms with Crippen LogP contribution in [0.3, 0.4) is 0 Å². The van der Waals surface area contributed by atoms with E-state index in [-0.39, 0.29) is 5.91 Å². The Bertz CT molecular complexity index is 871. The van der Waals surface area contributed by atoms with Gasteiger partial charge in [0, 0.05) is 18.2 Å². The Morgan fingerprint density at radius 1 is 1.08 bits per heavy atom. The smallest absolute Gasteiger partial charge is 0.274 e. The van der Waals surface area contributed by atoms with Gasteiger partial charge in [0.15, 0.2) is 0 Å². The molecule has 1 aliphatic rings. The van der Waals surface area contributed by atoms with Gasteiger partial charge >= 0.3 is 0 Å². The van der Waals surface area contributed by atoms with Gasteiger partial charge in [0.1, 0.15) is 12.0 Å². The van der Waals surface area contributed by atoms with Crippen molar-refractivity contribution in [3.63, 3.8) is 0 Å². The van der Waals surface area contributed by atoms with Gasteiger partial charge < -0.3 is 10.6 Å². The van der Waals surface area contributed by atoms with E-state index in [0.29, 0.717) is 29.3 Å². The average molecular weight is 332 g/mol. The summed E-state index contributed by atoms with van der Waals surface area (Å²) in [6.45, 7) is 0. The van der Waals surface area contributed by atoms with Crippen LogP contribution in [0.4, 0.5) is 11.6 Å². The summed E-state index contributed by atoms with van der Waals surface area (Å²) < 4.78 is 0. The number of nitrogens with zero attached hydrogens (tertiary/aromatic N) is 4. The van der Waals surface area contributed by atoms with Gasteiger partial charge in [-0.3, -0.25) is 4.79 Å². The summed E-state index contributed by atoms with van der Waals surface area (Å²) in [5, 5.41) is 6.00. The Morgan fingerprint density at radius 2 is 1.88 bits per heavy atom. The lowest BCUT2D eigenvalue weighted by Gasteiger charge is -2.07. The molecular formula is C18H16N6O. The summed E-state index contributed by atoms with van der Waals surface area (Å²) in [5.74, 6) is 0.597. The molecule has 1 aromatic carbocycles. The van der Waals surface area contributed by atoms with Crippen LogP contribution in [0.25, 0.3) is 0 Å². The van der Waals surface area contributed by atoms with Gasteiger partial charge in [0.05, 0.1) is 18.1 Å². The highest BCUT2D eigenvalue weighted by atomic mass is 16.1.